The number of fused-ring (bicyclic) bond motifs is 1. The van der Waals surface area contributed by atoms with Crippen LogP contribution in [0, 0.1) is 0 Å². The van der Waals surface area contributed by atoms with Crippen molar-refractivity contribution >= 4 is 50.8 Å². The first-order valence-corrected chi connectivity index (χ1v) is 11.1. The Kier molecular flexibility index (Phi) is 6.72. The van der Waals surface area contributed by atoms with Crippen LogP contribution in [0.3, 0.4) is 0 Å². The van der Waals surface area contributed by atoms with E-state index in [9.17, 15) is 9.59 Å². The molecule has 0 bridgehead atoms. The molecule has 2 aromatic carbocycles. The Labute approximate surface area is 193 Å². The molecule has 0 saturated heterocycles. The molecule has 0 unspecified atom stereocenters. The SMILES string of the molecule is COc1cccc(CC(=O)Nc2[nH]nc3sc(CC(=O)NCc4cccc(Cl)c4)cc23)c1. The molecule has 0 spiro atoms. The summed E-state index contributed by atoms with van der Waals surface area (Å²) in [4.78, 5) is 26.4. The van der Waals surface area contributed by atoms with Crippen molar-refractivity contribution in [2.45, 2.75) is 19.4 Å². The maximum absolute atomic E-state index is 12.5. The summed E-state index contributed by atoms with van der Waals surface area (Å²) in [5.74, 6) is 0.961. The molecule has 4 rings (SSSR count). The zero-order valence-electron chi connectivity index (χ0n) is 17.3. The smallest absolute Gasteiger partial charge is 0.229 e. The van der Waals surface area contributed by atoms with E-state index in [0.29, 0.717) is 23.1 Å². The molecule has 0 aliphatic heterocycles. The van der Waals surface area contributed by atoms with Gasteiger partial charge in [0.05, 0.1) is 25.3 Å². The van der Waals surface area contributed by atoms with Crippen LogP contribution in [0.25, 0.3) is 10.2 Å². The number of carbonyl (C=O) groups excluding carboxylic acids is 2. The topological polar surface area (TPSA) is 96.1 Å². The summed E-state index contributed by atoms with van der Waals surface area (Å²) in [6.07, 6.45) is 0.444. The molecule has 0 saturated carbocycles. The molecule has 7 nitrogen and oxygen atoms in total. The van der Waals surface area contributed by atoms with E-state index in [1.807, 2.05) is 48.5 Å². The van der Waals surface area contributed by atoms with Crippen LogP contribution in [0.4, 0.5) is 5.82 Å². The van der Waals surface area contributed by atoms with Crippen LogP contribution in [-0.4, -0.2) is 29.1 Å². The molecular weight excluding hydrogens is 448 g/mol. The van der Waals surface area contributed by atoms with Gasteiger partial charge in [0.2, 0.25) is 11.8 Å². The summed E-state index contributed by atoms with van der Waals surface area (Å²) < 4.78 is 5.20. The quantitative estimate of drug-likeness (QED) is 0.358. The Morgan fingerprint density at radius 1 is 1.06 bits per heavy atom. The fraction of sp³-hybridized carbons (Fsp3) is 0.174. The maximum atomic E-state index is 12.5. The molecule has 0 aliphatic rings. The van der Waals surface area contributed by atoms with Crippen LogP contribution < -0.4 is 15.4 Å². The third-order valence-corrected chi connectivity index (χ3v) is 6.04. The first-order valence-electron chi connectivity index (χ1n) is 9.91. The Hall–Kier alpha value is -3.36. The number of thiophene rings is 1. The number of hydrogen-bond donors (Lipinski definition) is 3. The summed E-state index contributed by atoms with van der Waals surface area (Å²) in [5, 5.41) is 14.3. The minimum atomic E-state index is -0.171. The maximum Gasteiger partial charge on any atom is 0.229 e. The van der Waals surface area contributed by atoms with E-state index in [1.54, 1.807) is 13.2 Å². The number of nitrogens with one attached hydrogen (secondary N) is 3. The molecule has 2 amide bonds. The number of carbonyl (C=O) groups is 2. The van der Waals surface area contributed by atoms with Crippen molar-refractivity contribution in [3.05, 3.63) is 75.6 Å². The van der Waals surface area contributed by atoms with Crippen molar-refractivity contribution in [3.8, 4) is 5.75 Å². The normalized spacial score (nSPS) is 10.8. The van der Waals surface area contributed by atoms with Gasteiger partial charge in [-0.1, -0.05) is 35.9 Å². The molecule has 4 aromatic rings. The van der Waals surface area contributed by atoms with E-state index in [2.05, 4.69) is 20.8 Å². The Balaban J connectivity index is 1.36. The predicted molar refractivity (Wildman–Crippen MR) is 126 cm³/mol. The lowest BCUT2D eigenvalue weighted by molar-refractivity contribution is -0.120. The highest BCUT2D eigenvalue weighted by atomic mass is 35.5. The average molecular weight is 469 g/mol. The van der Waals surface area contributed by atoms with E-state index in [4.69, 9.17) is 16.3 Å². The molecule has 0 atom stereocenters. The van der Waals surface area contributed by atoms with Crippen LogP contribution in [0.1, 0.15) is 16.0 Å². The van der Waals surface area contributed by atoms with Gasteiger partial charge in [-0.3, -0.25) is 14.7 Å². The average Bonchev–Trinajstić information content (AvgIpc) is 3.33. The van der Waals surface area contributed by atoms with Gasteiger partial charge in [-0.2, -0.15) is 5.10 Å². The Morgan fingerprint density at radius 2 is 1.88 bits per heavy atom. The number of halogens is 1. The Morgan fingerprint density at radius 3 is 2.69 bits per heavy atom. The number of benzene rings is 2. The van der Waals surface area contributed by atoms with Gasteiger partial charge in [-0.15, -0.1) is 11.3 Å². The lowest BCUT2D eigenvalue weighted by Crippen LogP contribution is -2.24. The second-order valence-electron chi connectivity index (χ2n) is 7.19. The molecule has 0 fully saturated rings. The minimum Gasteiger partial charge on any atom is -0.497 e. The van der Waals surface area contributed by atoms with Crippen LogP contribution in [0.2, 0.25) is 5.02 Å². The van der Waals surface area contributed by atoms with Crippen molar-refractivity contribution in [1.82, 2.24) is 15.5 Å². The molecule has 164 valence electrons. The standard InChI is InChI=1S/C23H21ClN4O3S/c1-31-17-7-3-4-14(9-17)10-21(30)26-22-19-11-18(32-23(19)28-27-22)12-20(29)25-13-15-5-2-6-16(24)8-15/h2-9,11H,10,12-13H2,1H3,(H,25,29)(H2,26,27,28,30). The number of hydrogen-bond acceptors (Lipinski definition) is 5. The van der Waals surface area contributed by atoms with E-state index in [-0.39, 0.29) is 24.7 Å². The number of rotatable bonds is 8. The van der Waals surface area contributed by atoms with Gasteiger partial charge in [-0.05, 0) is 41.5 Å². The molecule has 0 aliphatic carbocycles. The number of aromatic nitrogens is 2. The molecular formula is C23H21ClN4O3S. The van der Waals surface area contributed by atoms with E-state index in [1.165, 1.54) is 11.3 Å². The lowest BCUT2D eigenvalue weighted by atomic mass is 10.1. The highest BCUT2D eigenvalue weighted by Gasteiger charge is 2.15. The Bertz CT molecular complexity index is 1270. The van der Waals surface area contributed by atoms with Gasteiger partial charge in [0.25, 0.3) is 0 Å². The van der Waals surface area contributed by atoms with Crippen LogP contribution in [0.15, 0.2) is 54.6 Å². The zero-order valence-corrected chi connectivity index (χ0v) is 18.8. The lowest BCUT2D eigenvalue weighted by Gasteiger charge is -2.05. The summed E-state index contributed by atoms with van der Waals surface area (Å²) >= 11 is 7.39. The van der Waals surface area contributed by atoms with Gasteiger partial charge in [0, 0.05) is 16.4 Å². The summed E-state index contributed by atoms with van der Waals surface area (Å²) in [7, 11) is 1.59. The van der Waals surface area contributed by atoms with Crippen molar-refractivity contribution < 1.29 is 14.3 Å². The van der Waals surface area contributed by atoms with Crippen LogP contribution >= 0.6 is 22.9 Å². The highest BCUT2D eigenvalue weighted by molar-refractivity contribution is 7.18. The van der Waals surface area contributed by atoms with E-state index in [0.717, 1.165) is 26.2 Å². The predicted octanol–water partition coefficient (Wildman–Crippen LogP) is 4.33. The number of aromatic amines is 1. The number of amides is 2. The molecule has 0 radical (unpaired) electrons. The first-order chi connectivity index (χ1) is 15.5. The first kappa shape index (κ1) is 21.9. The van der Waals surface area contributed by atoms with E-state index < -0.39 is 0 Å². The van der Waals surface area contributed by atoms with Gasteiger partial charge in [0.1, 0.15) is 16.4 Å². The van der Waals surface area contributed by atoms with Crippen molar-refractivity contribution in [2.75, 3.05) is 12.4 Å². The van der Waals surface area contributed by atoms with Crippen molar-refractivity contribution in [2.24, 2.45) is 0 Å². The molecule has 2 heterocycles. The minimum absolute atomic E-state index is 0.0959. The zero-order chi connectivity index (χ0) is 22.5. The number of methoxy groups -OCH3 is 1. The largest absolute Gasteiger partial charge is 0.497 e. The summed E-state index contributed by atoms with van der Waals surface area (Å²) in [5.41, 5.74) is 1.79. The van der Waals surface area contributed by atoms with Crippen LogP contribution in [-0.2, 0) is 29.0 Å². The fourth-order valence-electron chi connectivity index (χ4n) is 3.26. The molecule has 2 aromatic heterocycles. The highest BCUT2D eigenvalue weighted by Crippen LogP contribution is 2.29. The van der Waals surface area contributed by atoms with Crippen LogP contribution in [0.5, 0.6) is 5.75 Å². The number of ether oxygens (including phenoxy) is 1. The van der Waals surface area contributed by atoms with Crippen molar-refractivity contribution in [3.63, 3.8) is 0 Å². The van der Waals surface area contributed by atoms with Gasteiger partial charge < -0.3 is 15.4 Å². The molecule has 3 N–H and O–H groups in total. The van der Waals surface area contributed by atoms with Crippen molar-refractivity contribution in [1.29, 1.82) is 0 Å². The second-order valence-corrected chi connectivity index (χ2v) is 8.74. The van der Waals surface area contributed by atoms with Gasteiger partial charge >= 0.3 is 0 Å². The monoisotopic (exact) mass is 468 g/mol. The summed E-state index contributed by atoms with van der Waals surface area (Å²) in [6, 6.07) is 16.6. The molecule has 32 heavy (non-hydrogen) atoms. The number of anilines is 1. The summed E-state index contributed by atoms with van der Waals surface area (Å²) in [6.45, 7) is 0.411. The third kappa shape index (κ3) is 5.46. The second kappa shape index (κ2) is 9.84. The third-order valence-electron chi connectivity index (χ3n) is 4.78. The van der Waals surface area contributed by atoms with E-state index >= 15 is 0 Å². The number of H-pyrrole nitrogens is 1. The number of nitrogens with zero attached hydrogens (tertiary/aromatic N) is 1. The molecule has 9 heteroatoms. The van der Waals surface area contributed by atoms with Gasteiger partial charge in [0.15, 0.2) is 0 Å². The van der Waals surface area contributed by atoms with Gasteiger partial charge in [-0.25, -0.2) is 0 Å². The fourth-order valence-corrected chi connectivity index (χ4v) is 4.47.